The minimum atomic E-state index is -0.641. The van der Waals surface area contributed by atoms with Gasteiger partial charge in [-0.3, -0.25) is 4.79 Å². The molecule has 0 aromatic rings. The van der Waals surface area contributed by atoms with E-state index in [4.69, 9.17) is 0 Å². The van der Waals surface area contributed by atoms with Crippen LogP contribution in [0.3, 0.4) is 0 Å². The van der Waals surface area contributed by atoms with Crippen molar-refractivity contribution in [2.45, 2.75) is 69.9 Å². The molecule has 3 heteroatoms. The number of aliphatic carboxylic acids is 1. The third-order valence-corrected chi connectivity index (χ3v) is 4.16. The van der Waals surface area contributed by atoms with Gasteiger partial charge in [0, 0.05) is 6.04 Å². The molecule has 0 aliphatic heterocycles. The Balaban J connectivity index is 1.88. The summed E-state index contributed by atoms with van der Waals surface area (Å²) in [6, 6.07) is 0.168. The van der Waals surface area contributed by atoms with Crippen LogP contribution >= 0.6 is 0 Å². The number of rotatable bonds is 4. The van der Waals surface area contributed by atoms with E-state index in [-0.39, 0.29) is 6.04 Å². The maximum absolute atomic E-state index is 11.3. The second-order valence-electron chi connectivity index (χ2n) is 5.36. The summed E-state index contributed by atoms with van der Waals surface area (Å²) in [5, 5.41) is 12.7. The summed E-state index contributed by atoms with van der Waals surface area (Å²) in [6.45, 7) is 0. The van der Waals surface area contributed by atoms with Crippen LogP contribution in [-0.4, -0.2) is 23.2 Å². The zero-order valence-corrected chi connectivity index (χ0v) is 9.95. The Bertz CT molecular complexity index is 230. The van der Waals surface area contributed by atoms with E-state index >= 15 is 0 Å². The lowest BCUT2D eigenvalue weighted by atomic mass is 9.92. The van der Waals surface area contributed by atoms with Crippen molar-refractivity contribution in [3.8, 4) is 0 Å². The highest BCUT2D eigenvalue weighted by Crippen LogP contribution is 2.29. The maximum Gasteiger partial charge on any atom is 0.320 e. The molecule has 2 fully saturated rings. The van der Waals surface area contributed by atoms with Crippen LogP contribution in [0.5, 0.6) is 0 Å². The Morgan fingerprint density at radius 1 is 1.00 bits per heavy atom. The zero-order valence-electron chi connectivity index (χ0n) is 9.95. The number of hydrogen-bond acceptors (Lipinski definition) is 2. The van der Waals surface area contributed by atoms with Crippen molar-refractivity contribution in [2.24, 2.45) is 5.92 Å². The molecular weight excluding hydrogens is 202 g/mol. The molecule has 16 heavy (non-hydrogen) atoms. The molecule has 3 nitrogen and oxygen atoms in total. The summed E-state index contributed by atoms with van der Waals surface area (Å²) in [5.74, 6) is -0.267. The smallest absolute Gasteiger partial charge is 0.320 e. The van der Waals surface area contributed by atoms with E-state index in [1.165, 1.54) is 32.1 Å². The number of carboxylic acid groups (broad SMARTS) is 1. The van der Waals surface area contributed by atoms with Crippen LogP contribution in [0, 0.1) is 5.92 Å². The number of carboxylic acids is 1. The van der Waals surface area contributed by atoms with Crippen LogP contribution in [0.2, 0.25) is 0 Å². The monoisotopic (exact) mass is 225 g/mol. The highest BCUT2D eigenvalue weighted by Gasteiger charge is 2.32. The molecule has 1 atom stereocenters. The molecule has 2 aliphatic rings. The van der Waals surface area contributed by atoms with Crippen molar-refractivity contribution in [1.82, 2.24) is 5.32 Å². The fraction of sp³-hybridized carbons (Fsp3) is 0.923. The Morgan fingerprint density at radius 3 is 2.12 bits per heavy atom. The summed E-state index contributed by atoms with van der Waals surface area (Å²) in [4.78, 5) is 11.3. The van der Waals surface area contributed by atoms with E-state index in [1.807, 2.05) is 0 Å². The van der Waals surface area contributed by atoms with Gasteiger partial charge in [-0.05, 0) is 31.6 Å². The lowest BCUT2D eigenvalue weighted by Gasteiger charge is -2.29. The van der Waals surface area contributed by atoms with Gasteiger partial charge >= 0.3 is 5.97 Å². The van der Waals surface area contributed by atoms with E-state index in [1.54, 1.807) is 0 Å². The fourth-order valence-corrected chi connectivity index (χ4v) is 3.22. The molecule has 2 rings (SSSR count). The standard InChI is InChI=1S/C13H23NO2/c15-13(16)12(10-6-4-5-7-10)14-11-8-2-1-3-9-11/h10-12,14H,1-9H2,(H,15,16). The van der Waals surface area contributed by atoms with Crippen molar-refractivity contribution in [2.75, 3.05) is 0 Å². The Labute approximate surface area is 97.6 Å². The minimum absolute atomic E-state index is 0.286. The summed E-state index contributed by atoms with van der Waals surface area (Å²) in [5.41, 5.74) is 0. The van der Waals surface area contributed by atoms with E-state index < -0.39 is 5.97 Å². The summed E-state index contributed by atoms with van der Waals surface area (Å²) < 4.78 is 0. The van der Waals surface area contributed by atoms with E-state index in [0.717, 1.165) is 25.7 Å². The Kier molecular flexibility index (Phi) is 4.22. The number of hydrogen-bond donors (Lipinski definition) is 2. The minimum Gasteiger partial charge on any atom is -0.480 e. The predicted octanol–water partition coefficient (Wildman–Crippen LogP) is 2.55. The van der Waals surface area contributed by atoms with Gasteiger partial charge in [0.05, 0.1) is 0 Å². The average Bonchev–Trinajstić information content (AvgIpc) is 2.80. The second-order valence-corrected chi connectivity index (χ2v) is 5.36. The molecule has 0 heterocycles. The van der Waals surface area contributed by atoms with Crippen molar-refractivity contribution in [3.05, 3.63) is 0 Å². The van der Waals surface area contributed by atoms with Gasteiger partial charge in [0.2, 0.25) is 0 Å². The van der Waals surface area contributed by atoms with Crippen molar-refractivity contribution in [3.63, 3.8) is 0 Å². The Morgan fingerprint density at radius 2 is 1.56 bits per heavy atom. The van der Waals surface area contributed by atoms with Gasteiger partial charge in [-0.2, -0.15) is 0 Å². The molecular formula is C13H23NO2. The van der Waals surface area contributed by atoms with Crippen LogP contribution in [0.15, 0.2) is 0 Å². The SMILES string of the molecule is O=C(O)C(NC1CCCCC1)C1CCCC1. The fourth-order valence-electron chi connectivity index (χ4n) is 3.22. The first kappa shape index (κ1) is 11.9. The van der Waals surface area contributed by atoms with Gasteiger partial charge in [-0.25, -0.2) is 0 Å². The van der Waals surface area contributed by atoms with Gasteiger partial charge in [0.15, 0.2) is 0 Å². The van der Waals surface area contributed by atoms with Gasteiger partial charge in [-0.15, -0.1) is 0 Å². The molecule has 0 saturated heterocycles. The zero-order chi connectivity index (χ0) is 11.4. The molecule has 2 N–H and O–H groups in total. The van der Waals surface area contributed by atoms with Crippen molar-refractivity contribution < 1.29 is 9.90 Å². The lowest BCUT2D eigenvalue weighted by Crippen LogP contribution is -2.47. The van der Waals surface area contributed by atoms with Crippen molar-refractivity contribution >= 4 is 5.97 Å². The Hall–Kier alpha value is -0.570. The van der Waals surface area contributed by atoms with Gasteiger partial charge in [-0.1, -0.05) is 32.1 Å². The molecule has 1 unspecified atom stereocenters. The van der Waals surface area contributed by atoms with Gasteiger partial charge in [0.1, 0.15) is 6.04 Å². The van der Waals surface area contributed by atoms with Crippen LogP contribution in [0.1, 0.15) is 57.8 Å². The molecule has 0 amide bonds. The highest BCUT2D eigenvalue weighted by atomic mass is 16.4. The molecule has 0 spiro atoms. The van der Waals surface area contributed by atoms with Crippen molar-refractivity contribution in [1.29, 1.82) is 0 Å². The molecule has 92 valence electrons. The van der Waals surface area contributed by atoms with E-state index in [2.05, 4.69) is 5.32 Å². The van der Waals surface area contributed by atoms with E-state index in [9.17, 15) is 9.90 Å². The molecule has 0 bridgehead atoms. The quantitative estimate of drug-likeness (QED) is 0.773. The third kappa shape index (κ3) is 2.97. The molecule has 2 saturated carbocycles. The second kappa shape index (κ2) is 5.67. The summed E-state index contributed by atoms with van der Waals surface area (Å²) >= 11 is 0. The number of nitrogens with one attached hydrogen (secondary N) is 1. The maximum atomic E-state index is 11.3. The van der Waals surface area contributed by atoms with Crippen LogP contribution in [0.4, 0.5) is 0 Å². The average molecular weight is 225 g/mol. The molecule has 0 aromatic carbocycles. The van der Waals surface area contributed by atoms with Gasteiger partial charge in [0.25, 0.3) is 0 Å². The normalized spacial score (nSPS) is 25.8. The highest BCUT2D eigenvalue weighted by molar-refractivity contribution is 5.74. The predicted molar refractivity (Wildman–Crippen MR) is 63.4 cm³/mol. The number of carbonyl (C=O) groups is 1. The van der Waals surface area contributed by atoms with Crippen LogP contribution < -0.4 is 5.32 Å². The molecule has 0 aromatic heterocycles. The molecule has 2 aliphatic carbocycles. The molecule has 0 radical (unpaired) electrons. The van der Waals surface area contributed by atoms with Crippen LogP contribution in [0.25, 0.3) is 0 Å². The first-order valence-electron chi connectivity index (χ1n) is 6.76. The summed E-state index contributed by atoms with van der Waals surface area (Å²) in [6.07, 6.45) is 10.8. The summed E-state index contributed by atoms with van der Waals surface area (Å²) in [7, 11) is 0. The topological polar surface area (TPSA) is 49.3 Å². The first-order valence-corrected chi connectivity index (χ1v) is 6.76. The lowest BCUT2D eigenvalue weighted by molar-refractivity contribution is -0.141. The van der Waals surface area contributed by atoms with Gasteiger partial charge < -0.3 is 10.4 Å². The van der Waals surface area contributed by atoms with E-state index in [0.29, 0.717) is 12.0 Å². The first-order chi connectivity index (χ1) is 7.77. The largest absolute Gasteiger partial charge is 0.480 e. The van der Waals surface area contributed by atoms with Crippen LogP contribution in [-0.2, 0) is 4.79 Å². The third-order valence-electron chi connectivity index (χ3n) is 4.16.